The first-order valence-corrected chi connectivity index (χ1v) is 6.36. The molecule has 3 atom stereocenters. The minimum absolute atomic E-state index is 0.552. The summed E-state index contributed by atoms with van der Waals surface area (Å²) in [5.74, 6) is 1.25. The van der Waals surface area contributed by atoms with Crippen molar-refractivity contribution in [2.24, 2.45) is 11.8 Å². The highest BCUT2D eigenvalue weighted by atomic mass is 15.2. The van der Waals surface area contributed by atoms with Gasteiger partial charge in [0.2, 0.25) is 0 Å². The average Bonchev–Trinajstić information content (AvgIpc) is 2.74. The monoisotopic (exact) mass is 230 g/mol. The fourth-order valence-corrected chi connectivity index (χ4v) is 3.56. The van der Waals surface area contributed by atoms with E-state index in [1.807, 2.05) is 6.20 Å². The Morgan fingerprint density at radius 2 is 2.47 bits per heavy atom. The summed E-state index contributed by atoms with van der Waals surface area (Å²) in [4.78, 5) is 2.45. The minimum Gasteiger partial charge on any atom is -0.302 e. The fraction of sp³-hybridized carbons (Fsp3) is 0.692. The largest absolute Gasteiger partial charge is 0.302 e. The second-order valence-corrected chi connectivity index (χ2v) is 5.51. The van der Waals surface area contributed by atoms with Crippen molar-refractivity contribution >= 4 is 0 Å². The zero-order chi connectivity index (χ0) is 11.8. The van der Waals surface area contributed by atoms with Crippen LogP contribution in [0.2, 0.25) is 0 Å². The number of nitriles is 1. The highest BCUT2D eigenvalue weighted by molar-refractivity contribution is 5.23. The predicted molar refractivity (Wildman–Crippen MR) is 64.2 cm³/mol. The molecule has 0 bridgehead atoms. The van der Waals surface area contributed by atoms with Gasteiger partial charge in [-0.3, -0.25) is 5.10 Å². The van der Waals surface area contributed by atoms with E-state index in [0.29, 0.717) is 24.3 Å². The Balaban J connectivity index is 1.80. The molecular formula is C13H18N4. The SMILES string of the molecule is CN1C[C@H](CC#N)C[C@@H]2Cc3[nH]ncc3CC21. The van der Waals surface area contributed by atoms with E-state index in [-0.39, 0.29) is 0 Å². The molecule has 1 aromatic rings. The molecule has 2 aliphatic rings. The molecule has 1 aliphatic carbocycles. The third-order valence-corrected chi connectivity index (χ3v) is 4.38. The number of aromatic amines is 1. The Kier molecular flexibility index (Phi) is 2.64. The number of hydrogen-bond donors (Lipinski definition) is 1. The van der Waals surface area contributed by atoms with Gasteiger partial charge in [-0.15, -0.1) is 0 Å². The highest BCUT2D eigenvalue weighted by Gasteiger charge is 2.37. The van der Waals surface area contributed by atoms with Crippen LogP contribution in [0.4, 0.5) is 0 Å². The van der Waals surface area contributed by atoms with Crippen LogP contribution in [-0.4, -0.2) is 34.7 Å². The maximum absolute atomic E-state index is 8.84. The van der Waals surface area contributed by atoms with Crippen molar-refractivity contribution in [3.05, 3.63) is 17.5 Å². The number of fused-ring (bicyclic) bond motifs is 2. The zero-order valence-electron chi connectivity index (χ0n) is 10.2. The predicted octanol–water partition coefficient (Wildman–Crippen LogP) is 1.36. The lowest BCUT2D eigenvalue weighted by atomic mass is 9.74. The molecule has 1 fully saturated rings. The highest BCUT2D eigenvalue weighted by Crippen LogP contribution is 2.36. The number of rotatable bonds is 1. The van der Waals surface area contributed by atoms with E-state index in [4.69, 9.17) is 5.26 Å². The van der Waals surface area contributed by atoms with Gasteiger partial charge in [-0.05, 0) is 43.7 Å². The van der Waals surface area contributed by atoms with Crippen LogP contribution in [0.15, 0.2) is 6.20 Å². The number of H-pyrrole nitrogens is 1. The number of likely N-dealkylation sites (tertiary alicyclic amines) is 1. The number of piperidine rings is 1. The Bertz CT molecular complexity index is 445. The second kappa shape index (κ2) is 4.15. The van der Waals surface area contributed by atoms with Crippen molar-refractivity contribution in [1.82, 2.24) is 15.1 Å². The van der Waals surface area contributed by atoms with E-state index in [0.717, 1.165) is 19.4 Å². The van der Waals surface area contributed by atoms with E-state index >= 15 is 0 Å². The number of likely N-dealkylation sites (N-methyl/N-ethyl adjacent to an activating group) is 1. The first kappa shape index (κ1) is 10.8. The molecule has 3 rings (SSSR count). The fourth-order valence-electron chi connectivity index (χ4n) is 3.56. The summed E-state index contributed by atoms with van der Waals surface area (Å²) in [5, 5.41) is 16.1. The summed E-state index contributed by atoms with van der Waals surface area (Å²) in [6.45, 7) is 1.07. The van der Waals surface area contributed by atoms with Crippen LogP contribution in [0, 0.1) is 23.2 Å². The standard InChI is InChI=1S/C13H18N4/c1-17-8-9(2-3-14)4-10-5-12-11(6-13(10)17)7-15-16-12/h7,9-10,13H,2,4-6,8H2,1H3,(H,15,16)/t9-,10-,13?/m1/s1. The van der Waals surface area contributed by atoms with E-state index in [2.05, 4.69) is 28.2 Å². The van der Waals surface area contributed by atoms with Gasteiger partial charge in [-0.2, -0.15) is 10.4 Å². The molecule has 1 aromatic heterocycles. The van der Waals surface area contributed by atoms with Crippen LogP contribution in [0.5, 0.6) is 0 Å². The molecule has 1 saturated heterocycles. The van der Waals surface area contributed by atoms with Crippen molar-refractivity contribution in [3.63, 3.8) is 0 Å². The van der Waals surface area contributed by atoms with Gasteiger partial charge in [-0.25, -0.2) is 0 Å². The topological polar surface area (TPSA) is 55.7 Å². The summed E-state index contributed by atoms with van der Waals surface area (Å²) < 4.78 is 0. The molecule has 4 nitrogen and oxygen atoms in total. The van der Waals surface area contributed by atoms with Gasteiger partial charge in [0.25, 0.3) is 0 Å². The number of nitrogens with one attached hydrogen (secondary N) is 1. The van der Waals surface area contributed by atoms with Gasteiger partial charge < -0.3 is 4.90 Å². The first-order valence-electron chi connectivity index (χ1n) is 6.36. The molecule has 1 aliphatic heterocycles. The van der Waals surface area contributed by atoms with Gasteiger partial charge in [0, 0.05) is 24.7 Å². The van der Waals surface area contributed by atoms with Crippen molar-refractivity contribution in [1.29, 1.82) is 5.26 Å². The van der Waals surface area contributed by atoms with Crippen LogP contribution in [0.25, 0.3) is 0 Å². The number of aromatic nitrogens is 2. The molecule has 2 heterocycles. The number of nitrogens with zero attached hydrogens (tertiary/aromatic N) is 3. The number of hydrogen-bond acceptors (Lipinski definition) is 3. The quantitative estimate of drug-likeness (QED) is 0.792. The summed E-state index contributed by atoms with van der Waals surface area (Å²) in [5.41, 5.74) is 2.70. The molecule has 17 heavy (non-hydrogen) atoms. The summed E-state index contributed by atoms with van der Waals surface area (Å²) >= 11 is 0. The zero-order valence-corrected chi connectivity index (χ0v) is 10.2. The van der Waals surface area contributed by atoms with Crippen LogP contribution in [0.3, 0.4) is 0 Å². The lowest BCUT2D eigenvalue weighted by Crippen LogP contribution is -2.50. The van der Waals surface area contributed by atoms with Gasteiger partial charge >= 0.3 is 0 Å². The van der Waals surface area contributed by atoms with Crippen molar-refractivity contribution in [2.75, 3.05) is 13.6 Å². The molecule has 0 saturated carbocycles. The van der Waals surface area contributed by atoms with Crippen LogP contribution >= 0.6 is 0 Å². The summed E-state index contributed by atoms with van der Waals surface area (Å²) in [6, 6.07) is 2.97. The first-order chi connectivity index (χ1) is 8.28. The van der Waals surface area contributed by atoms with Gasteiger partial charge in [0.1, 0.15) is 0 Å². The van der Waals surface area contributed by atoms with Crippen LogP contribution in [-0.2, 0) is 12.8 Å². The second-order valence-electron chi connectivity index (χ2n) is 5.51. The molecule has 0 radical (unpaired) electrons. The van der Waals surface area contributed by atoms with Gasteiger partial charge in [-0.1, -0.05) is 0 Å². The van der Waals surface area contributed by atoms with E-state index < -0.39 is 0 Å². The molecule has 0 spiro atoms. The summed E-state index contributed by atoms with van der Waals surface area (Å²) in [7, 11) is 2.20. The maximum atomic E-state index is 8.84. The molecule has 90 valence electrons. The Labute approximate surface area is 102 Å². The Morgan fingerprint density at radius 1 is 1.59 bits per heavy atom. The van der Waals surface area contributed by atoms with E-state index in [9.17, 15) is 0 Å². The normalized spacial score (nSPS) is 32.6. The maximum Gasteiger partial charge on any atom is 0.0625 e. The van der Waals surface area contributed by atoms with Gasteiger partial charge in [0.15, 0.2) is 0 Å². The van der Waals surface area contributed by atoms with Crippen LogP contribution < -0.4 is 0 Å². The van der Waals surface area contributed by atoms with E-state index in [1.54, 1.807) is 0 Å². The third kappa shape index (κ3) is 1.85. The molecular weight excluding hydrogens is 212 g/mol. The Hall–Kier alpha value is -1.34. The molecule has 0 amide bonds. The molecule has 1 unspecified atom stereocenters. The summed E-state index contributed by atoms with van der Waals surface area (Å²) in [6.07, 6.45) is 6.09. The van der Waals surface area contributed by atoms with Crippen LogP contribution in [0.1, 0.15) is 24.1 Å². The minimum atomic E-state index is 0.552. The molecule has 1 N–H and O–H groups in total. The smallest absolute Gasteiger partial charge is 0.0625 e. The molecule has 4 heteroatoms. The molecule has 0 aromatic carbocycles. The Morgan fingerprint density at radius 3 is 3.29 bits per heavy atom. The lowest BCUT2D eigenvalue weighted by Gasteiger charge is -2.44. The van der Waals surface area contributed by atoms with Crippen molar-refractivity contribution in [3.8, 4) is 6.07 Å². The van der Waals surface area contributed by atoms with E-state index in [1.165, 1.54) is 17.7 Å². The van der Waals surface area contributed by atoms with Gasteiger partial charge in [0.05, 0.1) is 12.3 Å². The van der Waals surface area contributed by atoms with Crippen molar-refractivity contribution < 1.29 is 0 Å². The lowest BCUT2D eigenvalue weighted by molar-refractivity contribution is 0.0727. The third-order valence-electron chi connectivity index (χ3n) is 4.38. The van der Waals surface area contributed by atoms with Crippen molar-refractivity contribution in [2.45, 2.75) is 31.7 Å². The average molecular weight is 230 g/mol.